The molecule has 0 spiro atoms. The van der Waals surface area contributed by atoms with Gasteiger partial charge in [-0.3, -0.25) is 0 Å². The molecular formula is C14H26Si2. The third-order valence-electron chi connectivity index (χ3n) is 3.82. The van der Waals surface area contributed by atoms with Crippen LogP contribution in [0.2, 0.25) is 24.2 Å². The van der Waals surface area contributed by atoms with Crippen LogP contribution in [0.4, 0.5) is 0 Å². The predicted molar refractivity (Wildman–Crippen MR) is 81.9 cm³/mol. The van der Waals surface area contributed by atoms with Crippen LogP contribution in [0.1, 0.15) is 27.7 Å². The van der Waals surface area contributed by atoms with Gasteiger partial charge in [0.2, 0.25) is 0 Å². The van der Waals surface area contributed by atoms with E-state index >= 15 is 0 Å². The van der Waals surface area contributed by atoms with Gasteiger partial charge in [0.25, 0.3) is 0 Å². The van der Waals surface area contributed by atoms with Crippen molar-refractivity contribution in [1.82, 2.24) is 0 Å². The molecule has 0 aliphatic carbocycles. The molecule has 0 saturated heterocycles. The van der Waals surface area contributed by atoms with Gasteiger partial charge in [-0.2, -0.15) is 0 Å². The van der Waals surface area contributed by atoms with Gasteiger partial charge in [0.15, 0.2) is 0 Å². The summed E-state index contributed by atoms with van der Waals surface area (Å²) in [6, 6.07) is 15.3. The molecule has 1 rings (SSSR count). The molecule has 0 atom stereocenters. The average molecular weight is 251 g/mol. The Hall–Kier alpha value is -0.346. The second kappa shape index (κ2) is 7.07. The summed E-state index contributed by atoms with van der Waals surface area (Å²) < 4.78 is 0. The molecule has 0 bridgehead atoms. The topological polar surface area (TPSA) is 0 Å². The van der Waals surface area contributed by atoms with E-state index < -0.39 is 17.6 Å². The Bertz CT molecular complexity index is 274. The highest BCUT2D eigenvalue weighted by molar-refractivity contribution is 6.76. The minimum absolute atomic E-state index is 0.620. The molecule has 0 aliphatic heterocycles. The Kier molecular flexibility index (Phi) is 6.06. The van der Waals surface area contributed by atoms with Crippen molar-refractivity contribution in [3.8, 4) is 0 Å². The van der Waals surface area contributed by atoms with Gasteiger partial charge >= 0.3 is 0 Å². The standard InChI is InChI=1S/C14H26Si2/c1-5-15(6-2)13-10-9-11-14(12-13)16(7-3)8-4/h9-12,15-16H,5-8H2,1-4H3. The molecule has 0 aliphatic rings. The Morgan fingerprint density at radius 1 is 0.750 bits per heavy atom. The van der Waals surface area contributed by atoms with E-state index in [-0.39, 0.29) is 0 Å². The van der Waals surface area contributed by atoms with Crippen LogP contribution in [-0.2, 0) is 0 Å². The van der Waals surface area contributed by atoms with Crippen LogP contribution in [0.3, 0.4) is 0 Å². The van der Waals surface area contributed by atoms with Crippen molar-refractivity contribution in [3.05, 3.63) is 24.3 Å². The van der Waals surface area contributed by atoms with Crippen LogP contribution < -0.4 is 10.4 Å². The van der Waals surface area contributed by atoms with Gasteiger partial charge < -0.3 is 0 Å². The fraction of sp³-hybridized carbons (Fsp3) is 0.571. The van der Waals surface area contributed by atoms with Gasteiger partial charge in [0.1, 0.15) is 0 Å². The van der Waals surface area contributed by atoms with E-state index in [1.165, 1.54) is 24.2 Å². The summed E-state index contributed by atoms with van der Waals surface area (Å²) in [5.41, 5.74) is 0. The summed E-state index contributed by atoms with van der Waals surface area (Å²) in [6.07, 6.45) is 0. The lowest BCUT2D eigenvalue weighted by molar-refractivity contribution is 1.32. The predicted octanol–water partition coefficient (Wildman–Crippen LogP) is 2.63. The van der Waals surface area contributed by atoms with E-state index in [0.29, 0.717) is 0 Å². The molecule has 0 unspecified atom stereocenters. The lowest BCUT2D eigenvalue weighted by atomic mass is 10.4. The zero-order chi connectivity index (χ0) is 12.0. The van der Waals surface area contributed by atoms with Gasteiger partial charge in [-0.25, -0.2) is 0 Å². The molecule has 0 aromatic heterocycles. The summed E-state index contributed by atoms with van der Waals surface area (Å²) in [5.74, 6) is 0. The third-order valence-corrected chi connectivity index (χ3v) is 10.4. The van der Waals surface area contributed by atoms with Gasteiger partial charge in [-0.05, 0) is 0 Å². The van der Waals surface area contributed by atoms with Gasteiger partial charge in [0, 0.05) is 0 Å². The summed E-state index contributed by atoms with van der Waals surface area (Å²) in [6.45, 7) is 9.45. The number of hydrogen-bond donors (Lipinski definition) is 0. The molecule has 90 valence electrons. The summed E-state index contributed by atoms with van der Waals surface area (Å²) in [5, 5.41) is 3.42. The summed E-state index contributed by atoms with van der Waals surface area (Å²) in [7, 11) is -1.24. The smallest absolute Gasteiger partial charge is 0.0677 e. The quantitative estimate of drug-likeness (QED) is 0.681. The zero-order valence-corrected chi connectivity index (χ0v) is 13.6. The van der Waals surface area contributed by atoms with Crippen molar-refractivity contribution < 1.29 is 0 Å². The average Bonchev–Trinajstić information content (AvgIpc) is 2.33. The lowest BCUT2D eigenvalue weighted by Gasteiger charge is -2.16. The maximum absolute atomic E-state index is 2.56. The van der Waals surface area contributed by atoms with Gasteiger partial charge in [0.05, 0.1) is 17.6 Å². The van der Waals surface area contributed by atoms with Gasteiger partial charge in [-0.1, -0.05) is 86.5 Å². The minimum Gasteiger partial charge on any atom is -0.0677 e. The van der Waals surface area contributed by atoms with Crippen molar-refractivity contribution in [2.75, 3.05) is 0 Å². The minimum atomic E-state index is -0.620. The Labute approximate surface area is 104 Å². The lowest BCUT2D eigenvalue weighted by Crippen LogP contribution is -2.36. The molecule has 0 radical (unpaired) electrons. The normalized spacial score (nSPS) is 11.4. The molecule has 1 aromatic carbocycles. The molecule has 0 amide bonds. The van der Waals surface area contributed by atoms with E-state index in [0.717, 1.165) is 0 Å². The van der Waals surface area contributed by atoms with Crippen molar-refractivity contribution in [2.45, 2.75) is 51.9 Å². The van der Waals surface area contributed by atoms with Crippen LogP contribution in [0.25, 0.3) is 0 Å². The first-order valence-electron chi connectivity index (χ1n) is 6.86. The molecule has 1 aromatic rings. The SMILES string of the molecule is CC[SiH](CC)c1cccc([SiH](CC)CC)c1. The molecule has 0 fully saturated rings. The Morgan fingerprint density at radius 3 is 1.44 bits per heavy atom. The second-order valence-corrected chi connectivity index (χ2v) is 12.1. The van der Waals surface area contributed by atoms with Crippen LogP contribution in [0, 0.1) is 0 Å². The van der Waals surface area contributed by atoms with Crippen LogP contribution in [0.15, 0.2) is 24.3 Å². The van der Waals surface area contributed by atoms with Crippen molar-refractivity contribution in [3.63, 3.8) is 0 Å². The highest BCUT2D eigenvalue weighted by atomic mass is 28.3. The Balaban J connectivity index is 2.93. The fourth-order valence-electron chi connectivity index (χ4n) is 2.59. The molecule has 2 heteroatoms. The molecule has 0 heterocycles. The monoisotopic (exact) mass is 250 g/mol. The fourth-order valence-corrected chi connectivity index (χ4v) is 7.44. The zero-order valence-electron chi connectivity index (χ0n) is 11.3. The summed E-state index contributed by atoms with van der Waals surface area (Å²) >= 11 is 0. The van der Waals surface area contributed by atoms with Gasteiger partial charge in [-0.15, -0.1) is 0 Å². The third kappa shape index (κ3) is 3.32. The first-order valence-corrected chi connectivity index (χ1v) is 11.3. The van der Waals surface area contributed by atoms with E-state index in [1.807, 2.05) is 0 Å². The number of hydrogen-bond acceptors (Lipinski definition) is 0. The maximum Gasteiger partial charge on any atom is 0.0702 e. The first-order chi connectivity index (χ1) is 7.76. The van der Waals surface area contributed by atoms with Crippen LogP contribution in [0.5, 0.6) is 0 Å². The van der Waals surface area contributed by atoms with Crippen LogP contribution >= 0.6 is 0 Å². The Morgan fingerprint density at radius 2 is 1.12 bits per heavy atom. The molecule has 0 nitrogen and oxygen atoms in total. The van der Waals surface area contributed by atoms with E-state index in [2.05, 4.69) is 52.0 Å². The first kappa shape index (κ1) is 13.7. The molecular weight excluding hydrogens is 224 g/mol. The molecule has 16 heavy (non-hydrogen) atoms. The van der Waals surface area contributed by atoms with Crippen molar-refractivity contribution in [2.24, 2.45) is 0 Å². The number of benzene rings is 1. The van der Waals surface area contributed by atoms with Crippen molar-refractivity contribution in [1.29, 1.82) is 0 Å². The van der Waals surface area contributed by atoms with E-state index in [9.17, 15) is 0 Å². The maximum atomic E-state index is 2.56. The van der Waals surface area contributed by atoms with Crippen molar-refractivity contribution >= 4 is 28.0 Å². The molecule has 0 N–H and O–H groups in total. The molecule has 0 saturated carbocycles. The van der Waals surface area contributed by atoms with Crippen LogP contribution in [-0.4, -0.2) is 17.6 Å². The highest BCUT2D eigenvalue weighted by Crippen LogP contribution is 2.02. The second-order valence-electron chi connectivity index (χ2n) is 4.70. The number of rotatable bonds is 6. The highest BCUT2D eigenvalue weighted by Gasteiger charge is 2.12. The summed E-state index contributed by atoms with van der Waals surface area (Å²) in [4.78, 5) is 0. The largest absolute Gasteiger partial charge is 0.0702 e. The van der Waals surface area contributed by atoms with E-state index in [4.69, 9.17) is 0 Å². The van der Waals surface area contributed by atoms with E-state index in [1.54, 1.807) is 10.4 Å².